The van der Waals surface area contributed by atoms with E-state index in [1.54, 1.807) is 6.07 Å². The molecule has 0 aliphatic carbocycles. The van der Waals surface area contributed by atoms with Gasteiger partial charge in [-0.1, -0.05) is 18.2 Å². The molecule has 1 amide bonds. The van der Waals surface area contributed by atoms with E-state index in [1.165, 1.54) is 11.3 Å². The Hall–Kier alpha value is -3.45. The molecule has 6 nitrogen and oxygen atoms in total. The second-order valence-electron chi connectivity index (χ2n) is 6.68. The van der Waals surface area contributed by atoms with Gasteiger partial charge in [0.05, 0.1) is 16.8 Å². The quantitative estimate of drug-likeness (QED) is 0.537. The number of para-hydroxylation sites is 1. The summed E-state index contributed by atoms with van der Waals surface area (Å²) in [6, 6.07) is 15.2. The first-order valence-corrected chi connectivity index (χ1v) is 10.1. The molecule has 3 heterocycles. The fourth-order valence-corrected chi connectivity index (χ4v) is 4.04. The van der Waals surface area contributed by atoms with E-state index in [9.17, 15) is 4.79 Å². The molecule has 0 fully saturated rings. The highest BCUT2D eigenvalue weighted by Crippen LogP contribution is 2.35. The van der Waals surface area contributed by atoms with Crippen LogP contribution in [0.15, 0.2) is 53.9 Å². The van der Waals surface area contributed by atoms with Gasteiger partial charge in [0, 0.05) is 22.0 Å². The van der Waals surface area contributed by atoms with Crippen molar-refractivity contribution in [2.75, 3.05) is 18.5 Å². The van der Waals surface area contributed by atoms with Gasteiger partial charge >= 0.3 is 0 Å². The summed E-state index contributed by atoms with van der Waals surface area (Å²) >= 11 is 1.38. The Balaban J connectivity index is 1.41. The molecule has 144 valence electrons. The molecule has 1 N–H and O–H groups in total. The fraction of sp³-hybridized carbons (Fsp3) is 0.136. The van der Waals surface area contributed by atoms with E-state index in [1.807, 2.05) is 54.8 Å². The Morgan fingerprint density at radius 1 is 1.03 bits per heavy atom. The van der Waals surface area contributed by atoms with E-state index in [2.05, 4.69) is 15.3 Å². The zero-order valence-corrected chi connectivity index (χ0v) is 16.5. The Bertz CT molecular complexity index is 1240. The summed E-state index contributed by atoms with van der Waals surface area (Å²) in [4.78, 5) is 22.0. The summed E-state index contributed by atoms with van der Waals surface area (Å²) in [6.45, 7) is 2.98. The lowest BCUT2D eigenvalue weighted by atomic mass is 10.1. The van der Waals surface area contributed by atoms with Gasteiger partial charge in [-0.3, -0.25) is 15.1 Å². The molecule has 0 spiro atoms. The molecule has 2 aromatic heterocycles. The normalized spacial score (nSPS) is 12.7. The Kier molecular flexibility index (Phi) is 4.37. The average molecular weight is 403 g/mol. The van der Waals surface area contributed by atoms with E-state index in [4.69, 9.17) is 9.47 Å². The van der Waals surface area contributed by atoms with E-state index in [0.717, 1.165) is 33.6 Å². The van der Waals surface area contributed by atoms with Crippen molar-refractivity contribution in [1.29, 1.82) is 0 Å². The molecule has 0 radical (unpaired) electrons. The summed E-state index contributed by atoms with van der Waals surface area (Å²) < 4.78 is 11.2. The van der Waals surface area contributed by atoms with Crippen molar-refractivity contribution in [2.24, 2.45) is 0 Å². The van der Waals surface area contributed by atoms with Crippen LogP contribution in [-0.2, 0) is 0 Å². The van der Waals surface area contributed by atoms with Crippen molar-refractivity contribution < 1.29 is 14.3 Å². The number of aryl methyl sites for hydroxylation is 1. The molecule has 2 aromatic carbocycles. The Morgan fingerprint density at radius 3 is 2.76 bits per heavy atom. The van der Waals surface area contributed by atoms with Gasteiger partial charge in [0.2, 0.25) is 0 Å². The topological polar surface area (TPSA) is 73.3 Å². The molecule has 0 saturated carbocycles. The number of nitrogens with zero attached hydrogens (tertiary/aromatic N) is 2. The lowest BCUT2D eigenvalue weighted by Gasteiger charge is -2.18. The minimum absolute atomic E-state index is 0.199. The van der Waals surface area contributed by atoms with Gasteiger partial charge in [-0.25, -0.2) is 4.98 Å². The number of aromatic nitrogens is 2. The monoisotopic (exact) mass is 403 g/mol. The number of fused-ring (bicyclic) bond motifs is 2. The van der Waals surface area contributed by atoms with Gasteiger partial charge in [0.15, 0.2) is 16.6 Å². The summed E-state index contributed by atoms with van der Waals surface area (Å²) in [7, 11) is 0. The number of rotatable bonds is 3. The Labute approximate surface area is 171 Å². The van der Waals surface area contributed by atoms with Crippen LogP contribution in [0.25, 0.3) is 22.2 Å². The molecule has 29 heavy (non-hydrogen) atoms. The maximum Gasteiger partial charge on any atom is 0.258 e. The van der Waals surface area contributed by atoms with Crippen LogP contribution in [0.1, 0.15) is 16.1 Å². The molecule has 0 bridgehead atoms. The third kappa shape index (κ3) is 3.40. The van der Waals surface area contributed by atoms with Crippen LogP contribution in [0.2, 0.25) is 0 Å². The molecule has 1 aliphatic rings. The molecule has 1 aliphatic heterocycles. The van der Waals surface area contributed by atoms with Gasteiger partial charge in [0.25, 0.3) is 5.91 Å². The largest absolute Gasteiger partial charge is 0.486 e. The predicted octanol–water partition coefficient (Wildman–Crippen LogP) is 4.69. The fourth-order valence-electron chi connectivity index (χ4n) is 3.33. The van der Waals surface area contributed by atoms with Crippen LogP contribution >= 0.6 is 11.3 Å². The smallest absolute Gasteiger partial charge is 0.258 e. The van der Waals surface area contributed by atoms with Crippen LogP contribution in [0.5, 0.6) is 11.5 Å². The summed E-state index contributed by atoms with van der Waals surface area (Å²) in [5.41, 5.74) is 3.87. The third-order valence-electron chi connectivity index (χ3n) is 4.65. The average Bonchev–Trinajstić information content (AvgIpc) is 3.21. The standard InChI is InChI=1S/C22H17N3O3S/c1-13-10-16(15-4-2-3-5-17(15)23-13)21(26)25-22-24-18(12-29-22)14-6-7-19-20(11-14)28-9-8-27-19/h2-7,10-12H,8-9H2,1H3,(H,24,25,26). The van der Waals surface area contributed by atoms with Crippen molar-refractivity contribution in [3.05, 3.63) is 65.2 Å². The first-order valence-electron chi connectivity index (χ1n) is 9.21. The zero-order valence-electron chi connectivity index (χ0n) is 15.6. The summed E-state index contributed by atoms with van der Waals surface area (Å²) in [5, 5.41) is 6.19. The highest BCUT2D eigenvalue weighted by molar-refractivity contribution is 7.14. The molecule has 0 saturated heterocycles. The first-order chi connectivity index (χ1) is 14.2. The Morgan fingerprint density at radius 2 is 1.86 bits per heavy atom. The minimum Gasteiger partial charge on any atom is -0.486 e. The number of ether oxygens (including phenoxy) is 2. The van der Waals surface area contributed by atoms with Crippen LogP contribution < -0.4 is 14.8 Å². The second kappa shape index (κ2) is 7.18. The van der Waals surface area contributed by atoms with Crippen molar-refractivity contribution in [2.45, 2.75) is 6.92 Å². The number of hydrogen-bond acceptors (Lipinski definition) is 6. The van der Waals surface area contributed by atoms with Crippen LogP contribution in [0, 0.1) is 6.92 Å². The molecule has 5 rings (SSSR count). The number of anilines is 1. The number of benzene rings is 2. The first kappa shape index (κ1) is 17.6. The van der Waals surface area contributed by atoms with E-state index < -0.39 is 0 Å². The minimum atomic E-state index is -0.199. The van der Waals surface area contributed by atoms with E-state index in [0.29, 0.717) is 29.7 Å². The van der Waals surface area contributed by atoms with E-state index >= 15 is 0 Å². The number of pyridine rings is 1. The molecular weight excluding hydrogens is 386 g/mol. The maximum absolute atomic E-state index is 12.9. The van der Waals surface area contributed by atoms with Crippen LogP contribution in [-0.4, -0.2) is 29.1 Å². The van der Waals surface area contributed by atoms with E-state index in [-0.39, 0.29) is 5.91 Å². The van der Waals surface area contributed by atoms with Crippen LogP contribution in [0.3, 0.4) is 0 Å². The van der Waals surface area contributed by atoms with Crippen molar-refractivity contribution >= 4 is 33.3 Å². The van der Waals surface area contributed by atoms with Gasteiger partial charge in [-0.2, -0.15) is 0 Å². The summed E-state index contributed by atoms with van der Waals surface area (Å²) in [5.74, 6) is 1.25. The highest BCUT2D eigenvalue weighted by atomic mass is 32.1. The van der Waals surface area contributed by atoms with Crippen molar-refractivity contribution in [3.63, 3.8) is 0 Å². The molecular formula is C22H17N3O3S. The molecule has 7 heteroatoms. The number of nitrogens with one attached hydrogen (secondary N) is 1. The number of carbonyl (C=O) groups is 1. The van der Waals surface area contributed by atoms with Gasteiger partial charge in [-0.05, 0) is 37.3 Å². The van der Waals surface area contributed by atoms with Gasteiger partial charge in [0.1, 0.15) is 13.2 Å². The predicted molar refractivity (Wildman–Crippen MR) is 113 cm³/mol. The lowest BCUT2D eigenvalue weighted by molar-refractivity contribution is 0.102. The van der Waals surface area contributed by atoms with Crippen LogP contribution in [0.4, 0.5) is 5.13 Å². The van der Waals surface area contributed by atoms with Crippen molar-refractivity contribution in [1.82, 2.24) is 9.97 Å². The maximum atomic E-state index is 12.9. The third-order valence-corrected chi connectivity index (χ3v) is 5.41. The SMILES string of the molecule is Cc1cc(C(=O)Nc2nc(-c3ccc4c(c3)OCCO4)cs2)c2ccccc2n1. The zero-order chi connectivity index (χ0) is 19.8. The molecule has 0 unspecified atom stereocenters. The summed E-state index contributed by atoms with van der Waals surface area (Å²) in [6.07, 6.45) is 0. The lowest BCUT2D eigenvalue weighted by Crippen LogP contribution is -2.15. The number of carbonyl (C=O) groups excluding carboxylic acids is 1. The molecule has 4 aromatic rings. The highest BCUT2D eigenvalue weighted by Gasteiger charge is 2.16. The van der Waals surface area contributed by atoms with Gasteiger partial charge in [-0.15, -0.1) is 11.3 Å². The second-order valence-corrected chi connectivity index (χ2v) is 7.54. The molecule has 0 atom stereocenters. The number of thiazole rings is 1. The van der Waals surface area contributed by atoms with Gasteiger partial charge < -0.3 is 9.47 Å². The number of hydrogen-bond donors (Lipinski definition) is 1. The van der Waals surface area contributed by atoms with Crippen molar-refractivity contribution in [3.8, 4) is 22.8 Å². The number of amides is 1.